The zero-order chi connectivity index (χ0) is 29.8. The van der Waals surface area contributed by atoms with Gasteiger partial charge in [-0.2, -0.15) is 10.2 Å². The summed E-state index contributed by atoms with van der Waals surface area (Å²) < 4.78 is 38.4. The van der Waals surface area contributed by atoms with E-state index in [2.05, 4.69) is 15.2 Å². The van der Waals surface area contributed by atoms with E-state index in [9.17, 15) is 19.6 Å². The molecule has 41 heavy (non-hydrogen) atoms. The Hall–Kier alpha value is -3.06. The number of rotatable bonds is 13. The molecule has 0 bridgehead atoms. The molecule has 1 aliphatic heterocycles. The van der Waals surface area contributed by atoms with Gasteiger partial charge in [0.1, 0.15) is 47.5 Å². The molecule has 2 aromatic heterocycles. The predicted octanol–water partition coefficient (Wildman–Crippen LogP) is 3.02. The fourth-order valence-electron chi connectivity index (χ4n) is 4.56. The summed E-state index contributed by atoms with van der Waals surface area (Å²) in [5, 5.41) is 28.7. The third kappa shape index (κ3) is 6.88. The lowest BCUT2D eigenvalue weighted by atomic mass is 9.97. The van der Waals surface area contributed by atoms with E-state index in [0.717, 1.165) is 12.8 Å². The fraction of sp³-hybridized carbons (Fsp3) is 0.519. The normalized spacial score (nSPS) is 24.8. The number of ether oxygens (including phenoxy) is 2. The van der Waals surface area contributed by atoms with Gasteiger partial charge >= 0.3 is 13.7 Å². The van der Waals surface area contributed by atoms with Gasteiger partial charge in [0.25, 0.3) is 0 Å². The summed E-state index contributed by atoms with van der Waals surface area (Å²) in [6, 6.07) is 10.6. The van der Waals surface area contributed by atoms with Crippen molar-refractivity contribution >= 4 is 25.1 Å². The number of carbonyl (C=O) groups excluding carboxylic acids is 1. The maximum atomic E-state index is 14.0. The number of esters is 1. The van der Waals surface area contributed by atoms with Crippen LogP contribution < -0.4 is 15.3 Å². The predicted molar refractivity (Wildman–Crippen MR) is 150 cm³/mol. The van der Waals surface area contributed by atoms with Crippen LogP contribution >= 0.6 is 7.75 Å². The zero-order valence-electron chi connectivity index (χ0n) is 23.5. The van der Waals surface area contributed by atoms with Crippen LogP contribution in [0.1, 0.15) is 52.3 Å². The maximum absolute atomic E-state index is 14.0. The highest BCUT2D eigenvalue weighted by Crippen LogP contribution is 2.48. The molecule has 13 nitrogen and oxygen atoms in total. The van der Waals surface area contributed by atoms with Gasteiger partial charge in [-0.15, -0.1) is 0 Å². The summed E-state index contributed by atoms with van der Waals surface area (Å²) in [6.07, 6.45) is -0.846. The molecule has 1 aromatic carbocycles. The van der Waals surface area contributed by atoms with Crippen LogP contribution in [0.3, 0.4) is 0 Å². The van der Waals surface area contributed by atoms with Gasteiger partial charge in [-0.05, 0) is 44.0 Å². The number of nitrogen functional groups attached to an aromatic ring is 1. The number of carbonyl (C=O) groups is 1. The highest BCUT2D eigenvalue weighted by Gasteiger charge is 2.54. The Kier molecular flexibility index (Phi) is 9.68. The minimum atomic E-state index is -4.25. The number of nitrogens with zero attached hydrogens (tertiary/aromatic N) is 3. The van der Waals surface area contributed by atoms with E-state index >= 15 is 0 Å². The second-order valence-electron chi connectivity index (χ2n) is 10.3. The standard InChI is InChI=1S/C27H38N5O8P/c1-5-18(6-2)14-37-26(35)17(3)31-41(36,40-19-10-8-7-9-11-19)38-15-27(4)24(34)22(33)23(39-27)20-12-13-21-25(28)29-16-30-32(20)21/h7-13,16-18,22-24,33-34H,5-6,14-15H2,1-4H3,(H,31,36)(H2,28,29,30)/t17-,22-,23-,24-,27+,41+/m0/s1. The van der Waals surface area contributed by atoms with Crippen LogP contribution in [0.2, 0.25) is 0 Å². The first-order valence-corrected chi connectivity index (χ1v) is 15.1. The van der Waals surface area contributed by atoms with Gasteiger partial charge in [-0.3, -0.25) is 9.32 Å². The Morgan fingerprint density at radius 2 is 1.93 bits per heavy atom. The summed E-state index contributed by atoms with van der Waals surface area (Å²) in [6.45, 7) is 6.82. The van der Waals surface area contributed by atoms with E-state index in [1.54, 1.807) is 42.5 Å². The molecule has 1 aliphatic rings. The number of hydrogen-bond donors (Lipinski definition) is 4. The lowest BCUT2D eigenvalue weighted by Crippen LogP contribution is -2.45. The minimum absolute atomic E-state index is 0.218. The quantitative estimate of drug-likeness (QED) is 0.169. The van der Waals surface area contributed by atoms with Gasteiger partial charge in [-0.25, -0.2) is 14.1 Å². The molecule has 6 atom stereocenters. The lowest BCUT2D eigenvalue weighted by molar-refractivity contribution is -0.146. The van der Waals surface area contributed by atoms with Gasteiger partial charge in [0.15, 0.2) is 5.82 Å². The molecule has 1 fully saturated rings. The van der Waals surface area contributed by atoms with E-state index in [0.29, 0.717) is 11.2 Å². The summed E-state index contributed by atoms with van der Waals surface area (Å²) in [5.74, 6) is 0.0742. The van der Waals surface area contributed by atoms with Crippen molar-refractivity contribution in [3.8, 4) is 5.75 Å². The Balaban J connectivity index is 1.51. The zero-order valence-corrected chi connectivity index (χ0v) is 24.4. The summed E-state index contributed by atoms with van der Waals surface area (Å²) >= 11 is 0. The van der Waals surface area contributed by atoms with Gasteiger partial charge in [-0.1, -0.05) is 44.9 Å². The summed E-state index contributed by atoms with van der Waals surface area (Å²) in [5.41, 5.74) is 5.33. The van der Waals surface area contributed by atoms with Gasteiger partial charge in [0.05, 0.1) is 18.9 Å². The van der Waals surface area contributed by atoms with Crippen molar-refractivity contribution in [1.29, 1.82) is 0 Å². The highest BCUT2D eigenvalue weighted by atomic mass is 31.2. The van der Waals surface area contributed by atoms with Gasteiger partial charge in [0, 0.05) is 0 Å². The second kappa shape index (κ2) is 12.8. The number of hydrogen-bond acceptors (Lipinski definition) is 11. The Bertz CT molecular complexity index is 1370. The SMILES string of the molecule is CCC(CC)COC(=O)[C@H](C)N[P@@](=O)(OC[C@@]1(C)O[C@@H](c2ccc3c(N)ncnn23)[C@H](O)[C@@H]1O)Oc1ccccc1. The Labute approximate surface area is 238 Å². The maximum Gasteiger partial charge on any atom is 0.459 e. The first-order chi connectivity index (χ1) is 19.5. The molecule has 5 N–H and O–H groups in total. The van der Waals surface area contributed by atoms with E-state index in [1.807, 2.05) is 13.8 Å². The second-order valence-corrected chi connectivity index (χ2v) is 12.0. The number of para-hydroxylation sites is 1. The number of nitrogens with one attached hydrogen (secondary N) is 1. The number of nitrogens with two attached hydrogens (primary N) is 1. The van der Waals surface area contributed by atoms with Crippen molar-refractivity contribution in [2.75, 3.05) is 18.9 Å². The van der Waals surface area contributed by atoms with Crippen LogP contribution in [0.15, 0.2) is 48.8 Å². The number of aliphatic hydroxyl groups excluding tert-OH is 2. The first-order valence-electron chi connectivity index (χ1n) is 13.6. The number of aromatic nitrogens is 3. The number of anilines is 1. The Morgan fingerprint density at radius 1 is 1.22 bits per heavy atom. The van der Waals surface area contributed by atoms with E-state index in [-0.39, 0.29) is 24.1 Å². The monoisotopic (exact) mass is 591 g/mol. The molecule has 0 unspecified atom stereocenters. The molecular weight excluding hydrogens is 553 g/mol. The van der Waals surface area contributed by atoms with Crippen LogP contribution in [0.5, 0.6) is 5.75 Å². The molecule has 4 rings (SSSR count). The molecule has 1 saturated heterocycles. The molecular formula is C27H38N5O8P. The largest absolute Gasteiger partial charge is 0.464 e. The third-order valence-corrected chi connectivity index (χ3v) is 8.89. The molecule has 224 valence electrons. The third-order valence-electron chi connectivity index (χ3n) is 7.27. The van der Waals surface area contributed by atoms with Crippen LogP contribution in [-0.2, 0) is 23.4 Å². The summed E-state index contributed by atoms with van der Waals surface area (Å²) in [4.78, 5) is 16.7. The molecule has 0 amide bonds. The van der Waals surface area contributed by atoms with Crippen molar-refractivity contribution in [2.45, 2.75) is 70.5 Å². The van der Waals surface area contributed by atoms with Crippen molar-refractivity contribution in [1.82, 2.24) is 19.7 Å². The van der Waals surface area contributed by atoms with Crippen LogP contribution in [-0.4, -0.2) is 67.8 Å². The van der Waals surface area contributed by atoms with Crippen molar-refractivity contribution < 1.29 is 38.1 Å². The molecule has 0 saturated carbocycles. The first kappa shape index (κ1) is 30.9. The van der Waals surface area contributed by atoms with E-state index in [1.165, 1.54) is 24.7 Å². The van der Waals surface area contributed by atoms with Crippen LogP contribution in [0.25, 0.3) is 5.52 Å². The van der Waals surface area contributed by atoms with Crippen LogP contribution in [0.4, 0.5) is 5.82 Å². The number of fused-ring (bicyclic) bond motifs is 1. The molecule has 14 heteroatoms. The topological polar surface area (TPSA) is 180 Å². The molecule has 0 spiro atoms. The van der Waals surface area contributed by atoms with Crippen LogP contribution in [0, 0.1) is 5.92 Å². The molecule has 0 aliphatic carbocycles. The van der Waals surface area contributed by atoms with Crippen molar-refractivity contribution in [3.05, 3.63) is 54.5 Å². The van der Waals surface area contributed by atoms with Gasteiger partial charge in [0.2, 0.25) is 0 Å². The smallest absolute Gasteiger partial charge is 0.459 e. The average Bonchev–Trinajstić information content (AvgIpc) is 3.49. The highest BCUT2D eigenvalue weighted by molar-refractivity contribution is 7.52. The lowest BCUT2D eigenvalue weighted by Gasteiger charge is -2.30. The van der Waals surface area contributed by atoms with Crippen molar-refractivity contribution in [2.24, 2.45) is 5.92 Å². The Morgan fingerprint density at radius 3 is 2.61 bits per heavy atom. The molecule has 3 aromatic rings. The number of benzene rings is 1. The van der Waals surface area contributed by atoms with E-state index < -0.39 is 50.3 Å². The van der Waals surface area contributed by atoms with Gasteiger partial charge < -0.3 is 29.9 Å². The molecule has 3 heterocycles. The summed E-state index contributed by atoms with van der Waals surface area (Å²) in [7, 11) is -4.25. The molecule has 0 radical (unpaired) electrons. The fourth-order valence-corrected chi connectivity index (χ4v) is 6.15. The average molecular weight is 592 g/mol. The van der Waals surface area contributed by atoms with E-state index in [4.69, 9.17) is 24.3 Å². The van der Waals surface area contributed by atoms with Crippen molar-refractivity contribution in [3.63, 3.8) is 0 Å². The minimum Gasteiger partial charge on any atom is -0.464 e. The number of aliphatic hydroxyl groups is 2.